The van der Waals surface area contributed by atoms with Crippen molar-refractivity contribution < 1.29 is 0 Å². The van der Waals surface area contributed by atoms with Crippen LogP contribution in [0.3, 0.4) is 0 Å². The second-order valence-corrected chi connectivity index (χ2v) is 6.36. The molecule has 0 bridgehead atoms. The summed E-state index contributed by atoms with van der Waals surface area (Å²) in [6, 6.07) is 11.4. The molecule has 0 radical (unpaired) electrons. The van der Waals surface area contributed by atoms with Crippen molar-refractivity contribution in [2.75, 3.05) is 12.3 Å². The fourth-order valence-electron chi connectivity index (χ4n) is 2.25. The van der Waals surface area contributed by atoms with Gasteiger partial charge < -0.3 is 5.32 Å². The first-order chi connectivity index (χ1) is 9.33. The van der Waals surface area contributed by atoms with E-state index in [-0.39, 0.29) is 0 Å². The van der Waals surface area contributed by atoms with Crippen LogP contribution in [0.4, 0.5) is 0 Å². The van der Waals surface area contributed by atoms with Crippen LogP contribution in [0.5, 0.6) is 0 Å². The average Bonchev–Trinajstić information content (AvgIpc) is 2.47. The van der Waals surface area contributed by atoms with Crippen LogP contribution in [-0.2, 0) is 0 Å². The lowest BCUT2D eigenvalue weighted by Gasteiger charge is -2.27. The quantitative estimate of drug-likeness (QED) is 0.602. The molecule has 1 nitrogen and oxygen atoms in total. The van der Waals surface area contributed by atoms with E-state index in [1.165, 1.54) is 37.0 Å². The summed E-state index contributed by atoms with van der Waals surface area (Å²) in [6.07, 6.45) is 5.04. The SMILES string of the molecule is CCCCSC(CC)C(NCCC)c1ccccc1. The first-order valence-electron chi connectivity index (χ1n) is 7.73. The molecule has 2 unspecified atom stereocenters. The van der Waals surface area contributed by atoms with Crippen molar-refractivity contribution in [3.8, 4) is 0 Å². The number of rotatable bonds is 10. The lowest BCUT2D eigenvalue weighted by molar-refractivity contribution is 0.505. The van der Waals surface area contributed by atoms with Gasteiger partial charge in [0.1, 0.15) is 0 Å². The molecule has 0 amide bonds. The normalized spacial score (nSPS) is 14.3. The molecule has 1 rings (SSSR count). The largest absolute Gasteiger partial charge is 0.309 e. The van der Waals surface area contributed by atoms with Gasteiger partial charge in [-0.15, -0.1) is 0 Å². The fourth-order valence-corrected chi connectivity index (χ4v) is 3.69. The van der Waals surface area contributed by atoms with Crippen molar-refractivity contribution in [2.24, 2.45) is 0 Å². The van der Waals surface area contributed by atoms with Gasteiger partial charge in [-0.1, -0.05) is 57.5 Å². The molecule has 0 fully saturated rings. The van der Waals surface area contributed by atoms with Gasteiger partial charge in [0.2, 0.25) is 0 Å². The summed E-state index contributed by atoms with van der Waals surface area (Å²) in [5.74, 6) is 1.28. The summed E-state index contributed by atoms with van der Waals surface area (Å²) in [7, 11) is 0. The van der Waals surface area contributed by atoms with Crippen LogP contribution in [0, 0.1) is 0 Å². The van der Waals surface area contributed by atoms with Crippen molar-refractivity contribution in [3.05, 3.63) is 35.9 Å². The minimum absolute atomic E-state index is 0.494. The molecule has 0 aromatic heterocycles. The summed E-state index contributed by atoms with van der Waals surface area (Å²) < 4.78 is 0. The van der Waals surface area contributed by atoms with E-state index < -0.39 is 0 Å². The Bertz CT molecular complexity index is 312. The molecule has 2 atom stereocenters. The molecule has 0 aliphatic heterocycles. The topological polar surface area (TPSA) is 12.0 Å². The molecule has 0 heterocycles. The fraction of sp³-hybridized carbons (Fsp3) is 0.647. The van der Waals surface area contributed by atoms with Gasteiger partial charge in [0.05, 0.1) is 0 Å². The van der Waals surface area contributed by atoms with E-state index in [2.05, 4.69) is 68.2 Å². The van der Waals surface area contributed by atoms with E-state index in [1.54, 1.807) is 0 Å². The van der Waals surface area contributed by atoms with Gasteiger partial charge in [-0.25, -0.2) is 0 Å². The van der Waals surface area contributed by atoms with E-state index in [0.29, 0.717) is 11.3 Å². The van der Waals surface area contributed by atoms with Gasteiger partial charge in [0, 0.05) is 11.3 Å². The molecule has 19 heavy (non-hydrogen) atoms. The Hall–Kier alpha value is -0.470. The second kappa shape index (κ2) is 10.3. The monoisotopic (exact) mass is 279 g/mol. The molecular weight excluding hydrogens is 250 g/mol. The third kappa shape index (κ3) is 6.01. The lowest BCUT2D eigenvalue weighted by atomic mass is 10.0. The summed E-state index contributed by atoms with van der Waals surface area (Å²) in [4.78, 5) is 0. The third-order valence-corrected chi connectivity index (χ3v) is 4.93. The van der Waals surface area contributed by atoms with Crippen LogP contribution in [0.1, 0.15) is 58.1 Å². The highest BCUT2D eigenvalue weighted by Crippen LogP contribution is 2.29. The van der Waals surface area contributed by atoms with Crippen molar-refractivity contribution in [1.29, 1.82) is 0 Å². The predicted octanol–water partition coefficient (Wildman–Crippen LogP) is 5.04. The maximum atomic E-state index is 3.74. The van der Waals surface area contributed by atoms with E-state index in [4.69, 9.17) is 0 Å². The molecule has 108 valence electrons. The predicted molar refractivity (Wildman–Crippen MR) is 88.9 cm³/mol. The summed E-state index contributed by atoms with van der Waals surface area (Å²) in [6.45, 7) is 7.92. The number of thioether (sulfide) groups is 1. The van der Waals surface area contributed by atoms with Crippen molar-refractivity contribution in [3.63, 3.8) is 0 Å². The first kappa shape index (κ1) is 16.6. The van der Waals surface area contributed by atoms with Crippen LogP contribution in [0.25, 0.3) is 0 Å². The molecule has 1 aromatic carbocycles. The number of hydrogen-bond donors (Lipinski definition) is 1. The van der Waals surface area contributed by atoms with Crippen molar-refractivity contribution in [1.82, 2.24) is 5.32 Å². The Kier molecular flexibility index (Phi) is 9.02. The third-order valence-electron chi connectivity index (χ3n) is 3.38. The van der Waals surface area contributed by atoms with Crippen LogP contribution in [-0.4, -0.2) is 17.5 Å². The lowest BCUT2D eigenvalue weighted by Crippen LogP contribution is -2.30. The Morgan fingerprint density at radius 3 is 2.37 bits per heavy atom. The zero-order valence-electron chi connectivity index (χ0n) is 12.7. The Morgan fingerprint density at radius 2 is 1.79 bits per heavy atom. The highest BCUT2D eigenvalue weighted by atomic mass is 32.2. The number of nitrogens with one attached hydrogen (secondary N) is 1. The Morgan fingerprint density at radius 1 is 1.05 bits per heavy atom. The van der Waals surface area contributed by atoms with Gasteiger partial charge in [0.15, 0.2) is 0 Å². The first-order valence-corrected chi connectivity index (χ1v) is 8.78. The summed E-state index contributed by atoms with van der Waals surface area (Å²) in [5, 5.41) is 4.42. The van der Waals surface area contributed by atoms with Crippen molar-refractivity contribution >= 4 is 11.8 Å². The summed E-state index contributed by atoms with van der Waals surface area (Å²) >= 11 is 2.14. The Balaban J connectivity index is 2.70. The maximum Gasteiger partial charge on any atom is 0.0440 e. The van der Waals surface area contributed by atoms with Crippen LogP contribution < -0.4 is 5.32 Å². The molecule has 1 aromatic rings. The van der Waals surface area contributed by atoms with Gasteiger partial charge in [-0.05, 0) is 37.1 Å². The molecule has 1 N–H and O–H groups in total. The minimum atomic E-state index is 0.494. The van der Waals surface area contributed by atoms with Gasteiger partial charge in [-0.3, -0.25) is 0 Å². The zero-order valence-corrected chi connectivity index (χ0v) is 13.5. The molecule has 0 saturated carbocycles. The second-order valence-electron chi connectivity index (χ2n) is 5.01. The highest BCUT2D eigenvalue weighted by Gasteiger charge is 2.21. The molecule has 0 saturated heterocycles. The standard InChI is InChI=1S/C17H29NS/c1-4-7-14-19-16(6-3)17(18-13-5-2)15-11-9-8-10-12-15/h8-12,16-18H,4-7,13-14H2,1-3H3. The van der Waals surface area contributed by atoms with Crippen LogP contribution in [0.15, 0.2) is 30.3 Å². The van der Waals surface area contributed by atoms with Gasteiger partial charge in [-0.2, -0.15) is 11.8 Å². The molecule has 0 spiro atoms. The number of unbranched alkanes of at least 4 members (excludes halogenated alkanes) is 1. The average molecular weight is 279 g/mol. The molecule has 2 heteroatoms. The smallest absolute Gasteiger partial charge is 0.0440 e. The maximum absolute atomic E-state index is 3.74. The van der Waals surface area contributed by atoms with E-state index >= 15 is 0 Å². The minimum Gasteiger partial charge on any atom is -0.309 e. The zero-order chi connectivity index (χ0) is 13.9. The number of benzene rings is 1. The van der Waals surface area contributed by atoms with Crippen LogP contribution >= 0.6 is 11.8 Å². The summed E-state index contributed by atoms with van der Waals surface area (Å²) in [5.41, 5.74) is 1.44. The van der Waals surface area contributed by atoms with Gasteiger partial charge in [0.25, 0.3) is 0 Å². The van der Waals surface area contributed by atoms with Crippen LogP contribution in [0.2, 0.25) is 0 Å². The number of hydrogen-bond acceptors (Lipinski definition) is 2. The molecule has 0 aliphatic rings. The van der Waals surface area contributed by atoms with E-state index in [9.17, 15) is 0 Å². The van der Waals surface area contributed by atoms with E-state index in [1.807, 2.05) is 0 Å². The van der Waals surface area contributed by atoms with E-state index in [0.717, 1.165) is 6.54 Å². The molecule has 0 aliphatic carbocycles. The van der Waals surface area contributed by atoms with Crippen molar-refractivity contribution in [2.45, 2.75) is 57.7 Å². The Labute approximate surface area is 123 Å². The highest BCUT2D eigenvalue weighted by molar-refractivity contribution is 7.99. The van der Waals surface area contributed by atoms with Gasteiger partial charge >= 0.3 is 0 Å². The molecular formula is C17H29NS.